The first kappa shape index (κ1) is 14.8. The Morgan fingerprint density at radius 1 is 1.26 bits per heavy atom. The summed E-state index contributed by atoms with van der Waals surface area (Å²) in [4.78, 5) is 14.9. The number of amides is 1. The maximum absolute atomic E-state index is 12.7. The Labute approximate surface area is 118 Å². The van der Waals surface area contributed by atoms with Crippen LogP contribution in [0.2, 0.25) is 0 Å². The normalized spacial score (nSPS) is 26.8. The summed E-state index contributed by atoms with van der Waals surface area (Å²) in [5.41, 5.74) is -0.167. The molecule has 1 amide bonds. The summed E-state index contributed by atoms with van der Waals surface area (Å²) in [6, 6.07) is 0.360. The van der Waals surface area contributed by atoms with Gasteiger partial charge >= 0.3 is 0 Å². The number of carbonyl (C=O) groups is 1. The predicted octanol–water partition coefficient (Wildman–Crippen LogP) is 3.15. The zero-order valence-corrected chi connectivity index (χ0v) is 13.2. The molecule has 2 unspecified atom stereocenters. The van der Waals surface area contributed by atoms with Gasteiger partial charge in [0.15, 0.2) is 0 Å². The van der Waals surface area contributed by atoms with E-state index in [9.17, 15) is 4.79 Å². The fraction of sp³-hybridized carbons (Fsp3) is 0.938. The van der Waals surface area contributed by atoms with Crippen LogP contribution in [0.5, 0.6) is 0 Å². The molecule has 1 aliphatic carbocycles. The van der Waals surface area contributed by atoms with Crippen LogP contribution in [0.3, 0.4) is 0 Å². The third-order valence-corrected chi connectivity index (χ3v) is 5.04. The van der Waals surface area contributed by atoms with Crippen molar-refractivity contribution in [1.82, 2.24) is 10.2 Å². The number of rotatable bonds is 6. The van der Waals surface area contributed by atoms with Crippen LogP contribution in [0, 0.1) is 11.8 Å². The molecule has 2 fully saturated rings. The van der Waals surface area contributed by atoms with Crippen LogP contribution in [0.15, 0.2) is 0 Å². The Balaban J connectivity index is 2.16. The standard InChI is InChI=1S/C16H30N2O/c1-6-13(7-2)12(5)18-14(10-11(3)4)17-16(8-9-16)15(18)19/h11-14,17H,6-10H2,1-5H3. The lowest BCUT2D eigenvalue weighted by Gasteiger charge is -2.35. The molecule has 3 heteroatoms. The third-order valence-electron chi connectivity index (χ3n) is 5.04. The molecule has 1 N–H and O–H groups in total. The maximum Gasteiger partial charge on any atom is 0.244 e. The van der Waals surface area contributed by atoms with Crippen molar-refractivity contribution in [2.45, 2.75) is 84.5 Å². The van der Waals surface area contributed by atoms with Crippen LogP contribution in [0.4, 0.5) is 0 Å². The van der Waals surface area contributed by atoms with Crippen LogP contribution in [0.25, 0.3) is 0 Å². The molecule has 110 valence electrons. The van der Waals surface area contributed by atoms with Gasteiger partial charge in [0.05, 0.1) is 11.7 Å². The topological polar surface area (TPSA) is 32.3 Å². The first-order valence-electron chi connectivity index (χ1n) is 8.05. The second kappa shape index (κ2) is 5.43. The number of carbonyl (C=O) groups excluding carboxylic acids is 1. The Morgan fingerprint density at radius 2 is 1.84 bits per heavy atom. The van der Waals surface area contributed by atoms with Gasteiger partial charge in [0.1, 0.15) is 0 Å². The minimum absolute atomic E-state index is 0.167. The summed E-state index contributed by atoms with van der Waals surface area (Å²) in [6.07, 6.45) is 5.70. The fourth-order valence-electron chi connectivity index (χ4n) is 3.61. The molecule has 3 nitrogen and oxygen atoms in total. The maximum atomic E-state index is 12.7. The largest absolute Gasteiger partial charge is 0.323 e. The van der Waals surface area contributed by atoms with E-state index in [1.165, 1.54) is 0 Å². The van der Waals surface area contributed by atoms with Gasteiger partial charge in [-0.25, -0.2) is 0 Å². The summed E-state index contributed by atoms with van der Waals surface area (Å²) in [6.45, 7) is 11.2. The SMILES string of the molecule is CCC(CC)C(C)N1C(=O)C2(CC2)NC1CC(C)C. The van der Waals surface area contributed by atoms with Crippen LogP contribution in [-0.2, 0) is 4.79 Å². The van der Waals surface area contributed by atoms with Crippen molar-refractivity contribution in [1.29, 1.82) is 0 Å². The molecule has 0 bridgehead atoms. The predicted molar refractivity (Wildman–Crippen MR) is 78.7 cm³/mol. The molecule has 2 atom stereocenters. The fourth-order valence-corrected chi connectivity index (χ4v) is 3.61. The molecule has 0 aromatic carbocycles. The van der Waals surface area contributed by atoms with E-state index in [1.54, 1.807) is 0 Å². The quantitative estimate of drug-likeness (QED) is 0.801. The molecule has 19 heavy (non-hydrogen) atoms. The summed E-state index contributed by atoms with van der Waals surface area (Å²) < 4.78 is 0. The van der Waals surface area contributed by atoms with Gasteiger partial charge in [0.2, 0.25) is 5.91 Å². The van der Waals surface area contributed by atoms with E-state index in [1.807, 2.05) is 0 Å². The average molecular weight is 266 g/mol. The van der Waals surface area contributed by atoms with Gasteiger partial charge < -0.3 is 4.90 Å². The first-order valence-corrected chi connectivity index (χ1v) is 8.05. The van der Waals surface area contributed by atoms with Gasteiger partial charge in [0, 0.05) is 6.04 Å². The number of nitrogens with zero attached hydrogens (tertiary/aromatic N) is 1. The van der Waals surface area contributed by atoms with E-state index in [0.29, 0.717) is 23.8 Å². The van der Waals surface area contributed by atoms with E-state index in [2.05, 4.69) is 44.8 Å². The van der Waals surface area contributed by atoms with Crippen molar-refractivity contribution >= 4 is 5.91 Å². The van der Waals surface area contributed by atoms with Crippen LogP contribution in [0.1, 0.15) is 66.7 Å². The molecule has 1 aliphatic heterocycles. The zero-order valence-electron chi connectivity index (χ0n) is 13.2. The second-order valence-electron chi connectivity index (χ2n) is 6.90. The monoisotopic (exact) mass is 266 g/mol. The van der Waals surface area contributed by atoms with Crippen molar-refractivity contribution in [2.24, 2.45) is 11.8 Å². The highest BCUT2D eigenvalue weighted by atomic mass is 16.2. The van der Waals surface area contributed by atoms with E-state index in [-0.39, 0.29) is 11.7 Å². The van der Waals surface area contributed by atoms with Gasteiger partial charge in [0.25, 0.3) is 0 Å². The van der Waals surface area contributed by atoms with Crippen molar-refractivity contribution in [2.75, 3.05) is 0 Å². The Hall–Kier alpha value is -0.570. The third kappa shape index (κ3) is 2.67. The summed E-state index contributed by atoms with van der Waals surface area (Å²) in [7, 11) is 0. The molecule has 0 radical (unpaired) electrons. The highest BCUT2D eigenvalue weighted by Gasteiger charge is 2.60. The molecule has 1 heterocycles. The smallest absolute Gasteiger partial charge is 0.244 e. The van der Waals surface area contributed by atoms with Gasteiger partial charge in [-0.3, -0.25) is 10.1 Å². The van der Waals surface area contributed by atoms with E-state index in [4.69, 9.17) is 0 Å². The van der Waals surface area contributed by atoms with Crippen LogP contribution < -0.4 is 5.32 Å². The van der Waals surface area contributed by atoms with Crippen LogP contribution in [-0.4, -0.2) is 28.6 Å². The summed E-state index contributed by atoms with van der Waals surface area (Å²) in [5.74, 6) is 1.61. The van der Waals surface area contributed by atoms with Gasteiger partial charge in [-0.05, 0) is 38.0 Å². The Bertz CT molecular complexity index is 332. The second-order valence-corrected chi connectivity index (χ2v) is 6.90. The lowest BCUT2D eigenvalue weighted by molar-refractivity contribution is -0.134. The molecule has 0 aromatic rings. The number of nitrogens with one attached hydrogen (secondary N) is 1. The summed E-state index contributed by atoms with van der Waals surface area (Å²) >= 11 is 0. The van der Waals surface area contributed by atoms with Crippen molar-refractivity contribution in [3.8, 4) is 0 Å². The molecule has 0 aromatic heterocycles. The van der Waals surface area contributed by atoms with E-state index >= 15 is 0 Å². The van der Waals surface area contributed by atoms with Crippen LogP contribution >= 0.6 is 0 Å². The molecule has 2 rings (SSSR count). The van der Waals surface area contributed by atoms with Gasteiger partial charge in [-0.15, -0.1) is 0 Å². The lowest BCUT2D eigenvalue weighted by atomic mass is 9.93. The molecular formula is C16H30N2O. The molecule has 2 aliphatic rings. The Morgan fingerprint density at radius 3 is 2.26 bits per heavy atom. The molecule has 1 saturated carbocycles. The van der Waals surface area contributed by atoms with Gasteiger partial charge in [-0.2, -0.15) is 0 Å². The van der Waals surface area contributed by atoms with Crippen molar-refractivity contribution < 1.29 is 4.79 Å². The number of hydrogen-bond acceptors (Lipinski definition) is 2. The van der Waals surface area contributed by atoms with Gasteiger partial charge in [-0.1, -0.05) is 40.5 Å². The van der Waals surface area contributed by atoms with E-state index < -0.39 is 0 Å². The highest BCUT2D eigenvalue weighted by Crippen LogP contribution is 2.44. The molecular weight excluding hydrogens is 236 g/mol. The zero-order chi connectivity index (χ0) is 14.2. The van der Waals surface area contributed by atoms with E-state index in [0.717, 1.165) is 32.1 Å². The number of hydrogen-bond donors (Lipinski definition) is 1. The lowest BCUT2D eigenvalue weighted by Crippen LogP contribution is -2.47. The first-order chi connectivity index (χ1) is 8.95. The molecule has 1 saturated heterocycles. The van der Waals surface area contributed by atoms with Crippen molar-refractivity contribution in [3.05, 3.63) is 0 Å². The highest BCUT2D eigenvalue weighted by molar-refractivity contribution is 5.92. The Kier molecular flexibility index (Phi) is 4.24. The van der Waals surface area contributed by atoms with Crippen molar-refractivity contribution in [3.63, 3.8) is 0 Å². The molecule has 1 spiro atoms. The minimum Gasteiger partial charge on any atom is -0.323 e. The average Bonchev–Trinajstić information content (AvgIpc) is 3.05. The minimum atomic E-state index is -0.167. The summed E-state index contributed by atoms with van der Waals surface area (Å²) in [5, 5.41) is 3.63.